The average Bonchev–Trinajstić information content (AvgIpc) is 1.94. The molecule has 3 heteroatoms. The van der Waals surface area contributed by atoms with E-state index in [9.17, 15) is 0 Å². The molecule has 0 spiro atoms. The van der Waals surface area contributed by atoms with Crippen molar-refractivity contribution in [2.24, 2.45) is 0 Å². The van der Waals surface area contributed by atoms with Crippen LogP contribution in [-0.4, -0.2) is 12.2 Å². The van der Waals surface area contributed by atoms with E-state index in [1.807, 2.05) is 30.3 Å². The second-order valence-electron chi connectivity index (χ2n) is 1.49. The van der Waals surface area contributed by atoms with Gasteiger partial charge in [0.15, 0.2) is 0 Å². The Morgan fingerprint density at radius 3 is 1.64 bits per heavy atom. The summed E-state index contributed by atoms with van der Waals surface area (Å²) in [5, 5.41) is 7.00. The van der Waals surface area contributed by atoms with Crippen molar-refractivity contribution in [3.05, 3.63) is 42.8 Å². The van der Waals surface area contributed by atoms with Crippen molar-refractivity contribution >= 4 is 17.0 Å². The Bertz CT molecular complexity index is 144. The molecular formula is C8H12BrOZn-. The molecule has 0 unspecified atom stereocenters. The van der Waals surface area contributed by atoms with Gasteiger partial charge in [0, 0.05) is 26.6 Å². The van der Waals surface area contributed by atoms with E-state index in [1.54, 1.807) is 0 Å². The first-order valence-corrected chi connectivity index (χ1v) is 2.71. The summed E-state index contributed by atoms with van der Waals surface area (Å²) in [7, 11) is 1.00. The van der Waals surface area contributed by atoms with Crippen molar-refractivity contribution in [3.8, 4) is 0 Å². The molecule has 0 fully saturated rings. The van der Waals surface area contributed by atoms with E-state index in [2.05, 4.69) is 6.92 Å². The van der Waals surface area contributed by atoms with Crippen molar-refractivity contribution in [3.63, 3.8) is 0 Å². The van der Waals surface area contributed by atoms with Crippen LogP contribution in [0.1, 0.15) is 5.56 Å². The molecule has 0 aliphatic heterocycles. The van der Waals surface area contributed by atoms with Crippen LogP contribution >= 0.6 is 17.0 Å². The maximum absolute atomic E-state index is 7.00. The minimum atomic E-state index is 0. The van der Waals surface area contributed by atoms with Crippen LogP contribution in [0.2, 0.25) is 0 Å². The van der Waals surface area contributed by atoms with Crippen LogP contribution in [0.15, 0.2) is 30.3 Å². The van der Waals surface area contributed by atoms with Gasteiger partial charge < -0.3 is 5.11 Å². The van der Waals surface area contributed by atoms with E-state index in [-0.39, 0.29) is 36.5 Å². The zero-order valence-electron chi connectivity index (χ0n) is 6.66. The molecule has 0 saturated heterocycles. The first-order chi connectivity index (χ1) is 4.39. The second-order valence-corrected chi connectivity index (χ2v) is 1.49. The van der Waals surface area contributed by atoms with Crippen molar-refractivity contribution < 1.29 is 24.6 Å². The molecule has 1 N–H and O–H groups in total. The maximum atomic E-state index is 7.00. The van der Waals surface area contributed by atoms with Crippen molar-refractivity contribution in [1.82, 2.24) is 0 Å². The van der Waals surface area contributed by atoms with Gasteiger partial charge in [-0.15, -0.1) is 29.1 Å². The molecule has 1 nitrogen and oxygen atoms in total. The molecule has 11 heavy (non-hydrogen) atoms. The quantitative estimate of drug-likeness (QED) is 0.564. The van der Waals surface area contributed by atoms with Gasteiger partial charge in [0.05, 0.1) is 0 Å². The summed E-state index contributed by atoms with van der Waals surface area (Å²) in [5.74, 6) is 0. The number of hydrogen-bond donors (Lipinski definition) is 1. The zero-order chi connectivity index (χ0) is 7.11. The van der Waals surface area contributed by atoms with Crippen LogP contribution in [0.4, 0.5) is 0 Å². The monoisotopic (exact) mass is 267 g/mol. The fraction of sp³-hybridized carbons (Fsp3) is 0.125. The van der Waals surface area contributed by atoms with E-state index in [4.69, 9.17) is 5.11 Å². The summed E-state index contributed by atoms with van der Waals surface area (Å²) < 4.78 is 0. The van der Waals surface area contributed by atoms with Gasteiger partial charge in [0.25, 0.3) is 0 Å². The molecular weight excluding hydrogens is 257 g/mol. The van der Waals surface area contributed by atoms with E-state index in [0.717, 1.165) is 12.7 Å². The predicted octanol–water partition coefficient (Wildman–Crippen LogP) is 2.05. The molecule has 0 amide bonds. The minimum Gasteiger partial charge on any atom is -0.400 e. The number of hydrogen-bond acceptors (Lipinski definition) is 1. The molecule has 60 valence electrons. The van der Waals surface area contributed by atoms with Gasteiger partial charge in [0.1, 0.15) is 0 Å². The van der Waals surface area contributed by atoms with Gasteiger partial charge in [-0.25, -0.2) is 0 Å². The molecule has 0 radical (unpaired) electrons. The topological polar surface area (TPSA) is 20.2 Å². The maximum Gasteiger partial charge on any atom is 0.0319 e. The third-order valence-electron chi connectivity index (χ3n) is 0.843. The molecule has 1 rings (SSSR count). The number of aliphatic hydroxyl groups excluding tert-OH is 1. The Balaban J connectivity index is -0.000000149. The zero-order valence-corrected chi connectivity index (χ0v) is 11.3. The van der Waals surface area contributed by atoms with Gasteiger partial charge in [-0.3, -0.25) is 0 Å². The Morgan fingerprint density at radius 2 is 1.45 bits per heavy atom. The van der Waals surface area contributed by atoms with Crippen LogP contribution in [0.25, 0.3) is 0 Å². The molecule has 1 aromatic carbocycles. The van der Waals surface area contributed by atoms with Gasteiger partial charge in [0.2, 0.25) is 0 Å². The van der Waals surface area contributed by atoms with Crippen molar-refractivity contribution in [1.29, 1.82) is 0 Å². The van der Waals surface area contributed by atoms with E-state index >= 15 is 0 Å². The molecule has 0 bridgehead atoms. The molecule has 0 atom stereocenters. The van der Waals surface area contributed by atoms with E-state index in [0.29, 0.717) is 0 Å². The third-order valence-corrected chi connectivity index (χ3v) is 0.843. The SMILES string of the molecule is Br.CO.[CH2-]c1ccccc1.[Zn]. The molecule has 0 aromatic heterocycles. The van der Waals surface area contributed by atoms with Crippen LogP contribution in [-0.2, 0) is 19.5 Å². The Labute approximate surface area is 91.4 Å². The fourth-order valence-corrected chi connectivity index (χ4v) is 0.478. The smallest absolute Gasteiger partial charge is 0.0319 e. The minimum absolute atomic E-state index is 0. The molecule has 0 aliphatic carbocycles. The second kappa shape index (κ2) is 12.8. The molecule has 1 aromatic rings. The third kappa shape index (κ3) is 10.2. The Kier molecular flexibility index (Phi) is 20.1. The summed E-state index contributed by atoms with van der Waals surface area (Å²) in [6.07, 6.45) is 0. The van der Waals surface area contributed by atoms with Crippen LogP contribution in [0, 0.1) is 6.92 Å². The van der Waals surface area contributed by atoms with Crippen LogP contribution < -0.4 is 0 Å². The number of halogens is 1. The molecule has 0 heterocycles. The predicted molar refractivity (Wildman–Crippen MR) is 49.4 cm³/mol. The van der Waals surface area contributed by atoms with Gasteiger partial charge in [-0.1, -0.05) is 6.07 Å². The van der Waals surface area contributed by atoms with Crippen LogP contribution in [0.5, 0.6) is 0 Å². The number of benzene rings is 1. The van der Waals surface area contributed by atoms with E-state index < -0.39 is 0 Å². The molecule has 0 aliphatic rings. The van der Waals surface area contributed by atoms with Crippen LogP contribution in [0.3, 0.4) is 0 Å². The summed E-state index contributed by atoms with van der Waals surface area (Å²) >= 11 is 0. The molecule has 0 saturated carbocycles. The van der Waals surface area contributed by atoms with Crippen molar-refractivity contribution in [2.45, 2.75) is 0 Å². The first-order valence-electron chi connectivity index (χ1n) is 2.71. The number of aliphatic hydroxyl groups is 1. The van der Waals surface area contributed by atoms with Crippen molar-refractivity contribution in [2.75, 3.05) is 7.11 Å². The Morgan fingerprint density at radius 1 is 1.09 bits per heavy atom. The summed E-state index contributed by atoms with van der Waals surface area (Å²) in [4.78, 5) is 0. The van der Waals surface area contributed by atoms with E-state index in [1.165, 1.54) is 0 Å². The summed E-state index contributed by atoms with van der Waals surface area (Å²) in [6, 6.07) is 9.87. The average molecular weight is 269 g/mol. The van der Waals surface area contributed by atoms with Gasteiger partial charge >= 0.3 is 0 Å². The largest absolute Gasteiger partial charge is 0.400 e. The fourth-order valence-electron chi connectivity index (χ4n) is 0.478. The summed E-state index contributed by atoms with van der Waals surface area (Å²) in [6.45, 7) is 3.72. The standard InChI is InChI=1S/C7H7.CH4O.BrH.Zn/c1-7-5-3-2-4-6-7;1-2;;/h2-6H,1H2;2H,1H3;1H;/q-1;;;. The summed E-state index contributed by atoms with van der Waals surface area (Å²) in [5.41, 5.74) is 1.07. The first kappa shape index (κ1) is 17.3. The van der Waals surface area contributed by atoms with Gasteiger partial charge in [-0.05, 0) is 0 Å². The van der Waals surface area contributed by atoms with Gasteiger partial charge in [-0.2, -0.15) is 24.6 Å². The number of rotatable bonds is 0. The Hall–Kier alpha value is 0.153. The normalized spacial score (nSPS) is 6.00.